The molecule has 3 aliphatic rings. The zero-order valence-electron chi connectivity index (χ0n) is 24.0. The molecule has 0 radical (unpaired) electrons. The van der Waals surface area contributed by atoms with E-state index in [1.807, 2.05) is 37.3 Å². The summed E-state index contributed by atoms with van der Waals surface area (Å²) in [4.78, 5) is 28.2. The number of amides is 2. The van der Waals surface area contributed by atoms with E-state index >= 15 is 0 Å². The average Bonchev–Trinajstić information content (AvgIpc) is 3.52. The van der Waals surface area contributed by atoms with Gasteiger partial charge in [-0.05, 0) is 65.8 Å². The second-order valence-corrected chi connectivity index (χ2v) is 11.7. The van der Waals surface area contributed by atoms with Gasteiger partial charge in [-0.25, -0.2) is 0 Å². The number of phenolic OH excluding ortho intramolecular Hbond substituents is 1. The maximum atomic E-state index is 13.4. The molecule has 0 saturated carbocycles. The van der Waals surface area contributed by atoms with Crippen molar-refractivity contribution in [3.05, 3.63) is 89.0 Å². The number of likely N-dealkylation sites (tertiary alicyclic amines) is 1. The first kappa shape index (κ1) is 27.5. The van der Waals surface area contributed by atoms with Gasteiger partial charge in [0.15, 0.2) is 0 Å². The summed E-state index contributed by atoms with van der Waals surface area (Å²) in [6.45, 7) is 5.22. The van der Waals surface area contributed by atoms with Crippen LogP contribution < -0.4 is 0 Å². The molecule has 1 N–H and O–H groups in total. The highest BCUT2D eigenvalue weighted by molar-refractivity contribution is 6.06. The fourth-order valence-corrected chi connectivity index (χ4v) is 7.38. The molecule has 0 spiro atoms. The molecule has 0 bridgehead atoms. The standard InChI is InChI=1S/C36H39NO4/c1-3-10-26-21-29-34(36(40)37(19-4-2)35(29)39)30-22-41-32(33(26)30)18-16-24(23-11-6-5-7-12-23)20-25-15-17-31(38)28-14-9-8-13-27(25)28/h5-9,11-15,17,20,29-30,32,34,38H,3-4,10,16,18-19,21-22H2,1-2H3/b24-20-/t29-,30+,32-,34-/m1/s1. The van der Waals surface area contributed by atoms with E-state index < -0.39 is 0 Å². The number of hydrogen-bond donors (Lipinski definition) is 1. The Bertz CT molecular complexity index is 1520. The predicted octanol–water partition coefficient (Wildman–Crippen LogP) is 7.39. The highest BCUT2D eigenvalue weighted by Crippen LogP contribution is 2.51. The van der Waals surface area contributed by atoms with Crippen molar-refractivity contribution in [2.45, 2.75) is 58.5 Å². The number of hydrogen-bond acceptors (Lipinski definition) is 4. The van der Waals surface area contributed by atoms with Gasteiger partial charge in [0.1, 0.15) is 5.75 Å². The quantitative estimate of drug-likeness (QED) is 0.172. The third-order valence-corrected chi connectivity index (χ3v) is 9.18. The normalized spacial score (nSPS) is 24.3. The van der Waals surface area contributed by atoms with E-state index in [1.165, 1.54) is 21.6 Å². The maximum Gasteiger partial charge on any atom is 0.233 e. The lowest BCUT2D eigenvalue weighted by Gasteiger charge is -2.32. The highest BCUT2D eigenvalue weighted by atomic mass is 16.5. The Balaban J connectivity index is 1.32. The number of fused-ring (bicyclic) bond motifs is 4. The van der Waals surface area contributed by atoms with Gasteiger partial charge in [-0.2, -0.15) is 0 Å². The van der Waals surface area contributed by atoms with Crippen LogP contribution >= 0.6 is 0 Å². The van der Waals surface area contributed by atoms with E-state index in [4.69, 9.17) is 4.74 Å². The van der Waals surface area contributed by atoms with Gasteiger partial charge in [-0.15, -0.1) is 0 Å². The molecule has 3 aromatic carbocycles. The number of allylic oxidation sites excluding steroid dienone is 2. The zero-order valence-corrected chi connectivity index (χ0v) is 24.0. The minimum absolute atomic E-state index is 0.00352. The number of carbonyl (C=O) groups excluding carboxylic acids is 2. The second-order valence-electron chi connectivity index (χ2n) is 11.7. The molecule has 212 valence electrons. The van der Waals surface area contributed by atoms with Gasteiger partial charge in [0.25, 0.3) is 0 Å². The first-order valence-electron chi connectivity index (χ1n) is 15.2. The van der Waals surface area contributed by atoms with Crippen molar-refractivity contribution in [1.82, 2.24) is 4.90 Å². The van der Waals surface area contributed by atoms with E-state index in [2.05, 4.69) is 43.3 Å². The molecule has 2 fully saturated rings. The van der Waals surface area contributed by atoms with Crippen LogP contribution in [-0.4, -0.2) is 41.1 Å². The van der Waals surface area contributed by atoms with Crippen LogP contribution in [0.4, 0.5) is 0 Å². The van der Waals surface area contributed by atoms with Gasteiger partial charge >= 0.3 is 0 Å². The summed E-state index contributed by atoms with van der Waals surface area (Å²) in [6, 6.07) is 22.1. The van der Waals surface area contributed by atoms with Crippen molar-refractivity contribution < 1.29 is 19.4 Å². The van der Waals surface area contributed by atoms with E-state index in [0.29, 0.717) is 19.6 Å². The SMILES string of the molecule is CCCC1=C2[C@@H](CC/C(=C/c3ccc(O)c4ccccc34)c3ccccc3)OC[C@@H]2[C@@H]2C(=O)N(CCC)C(=O)[C@@H]2C1. The number of benzene rings is 3. The van der Waals surface area contributed by atoms with Gasteiger partial charge in [0.05, 0.1) is 24.5 Å². The molecule has 41 heavy (non-hydrogen) atoms. The lowest BCUT2D eigenvalue weighted by molar-refractivity contribution is -0.140. The summed E-state index contributed by atoms with van der Waals surface area (Å²) < 4.78 is 6.49. The van der Waals surface area contributed by atoms with Gasteiger partial charge < -0.3 is 9.84 Å². The van der Waals surface area contributed by atoms with Crippen LogP contribution in [0.3, 0.4) is 0 Å². The Labute approximate surface area is 242 Å². The molecule has 0 aromatic heterocycles. The summed E-state index contributed by atoms with van der Waals surface area (Å²) in [5, 5.41) is 12.3. The predicted molar refractivity (Wildman–Crippen MR) is 163 cm³/mol. The summed E-state index contributed by atoms with van der Waals surface area (Å²) in [7, 11) is 0. The largest absolute Gasteiger partial charge is 0.507 e. The number of nitrogens with zero attached hydrogens (tertiary/aromatic N) is 1. The minimum atomic E-state index is -0.276. The lowest BCUT2D eigenvalue weighted by atomic mass is 9.68. The number of carbonyl (C=O) groups is 2. The molecule has 2 saturated heterocycles. The van der Waals surface area contributed by atoms with Crippen LogP contribution in [0.15, 0.2) is 77.9 Å². The summed E-state index contributed by atoms with van der Waals surface area (Å²) in [6.07, 6.45) is 7.25. The van der Waals surface area contributed by atoms with Crippen LogP contribution in [0.1, 0.15) is 63.5 Å². The molecule has 2 aliphatic heterocycles. The van der Waals surface area contributed by atoms with Crippen molar-refractivity contribution in [3.8, 4) is 5.75 Å². The van der Waals surface area contributed by atoms with Crippen molar-refractivity contribution in [2.75, 3.05) is 13.2 Å². The average molecular weight is 550 g/mol. The van der Waals surface area contributed by atoms with Gasteiger partial charge in [0, 0.05) is 17.8 Å². The Hall–Kier alpha value is -3.70. The van der Waals surface area contributed by atoms with Crippen LogP contribution in [0.5, 0.6) is 5.75 Å². The zero-order chi connectivity index (χ0) is 28.5. The lowest BCUT2D eigenvalue weighted by Crippen LogP contribution is -2.34. The van der Waals surface area contributed by atoms with Gasteiger partial charge in [-0.1, -0.05) is 92.6 Å². The number of phenols is 1. The first-order chi connectivity index (χ1) is 20.0. The number of rotatable bonds is 9. The number of aromatic hydroxyl groups is 1. The smallest absolute Gasteiger partial charge is 0.233 e. The molecule has 3 aromatic rings. The van der Waals surface area contributed by atoms with Crippen molar-refractivity contribution in [2.24, 2.45) is 17.8 Å². The van der Waals surface area contributed by atoms with Crippen LogP contribution in [0, 0.1) is 17.8 Å². The number of imide groups is 1. The monoisotopic (exact) mass is 549 g/mol. The van der Waals surface area contributed by atoms with E-state index in [0.717, 1.165) is 54.0 Å². The summed E-state index contributed by atoms with van der Waals surface area (Å²) in [5.41, 5.74) is 6.09. The molecule has 6 rings (SSSR count). The van der Waals surface area contributed by atoms with Gasteiger partial charge in [-0.3, -0.25) is 14.5 Å². The molecule has 2 amide bonds. The molecule has 5 nitrogen and oxygen atoms in total. The topological polar surface area (TPSA) is 66.8 Å². The van der Waals surface area contributed by atoms with Crippen molar-refractivity contribution in [3.63, 3.8) is 0 Å². The number of ether oxygens (including phenoxy) is 1. The fourth-order valence-electron chi connectivity index (χ4n) is 7.38. The van der Waals surface area contributed by atoms with Crippen LogP contribution in [0.2, 0.25) is 0 Å². The van der Waals surface area contributed by atoms with E-state index in [9.17, 15) is 14.7 Å². The molecular weight excluding hydrogens is 510 g/mol. The third-order valence-electron chi connectivity index (χ3n) is 9.18. The second kappa shape index (κ2) is 11.7. The van der Waals surface area contributed by atoms with Gasteiger partial charge in [0.2, 0.25) is 11.8 Å². The summed E-state index contributed by atoms with van der Waals surface area (Å²) in [5.74, 6) is -0.186. The molecule has 5 heteroatoms. The third kappa shape index (κ3) is 5.01. The van der Waals surface area contributed by atoms with E-state index in [1.54, 1.807) is 6.07 Å². The van der Waals surface area contributed by atoms with Crippen molar-refractivity contribution in [1.29, 1.82) is 0 Å². The minimum Gasteiger partial charge on any atom is -0.507 e. The first-order valence-corrected chi connectivity index (χ1v) is 15.2. The highest BCUT2D eigenvalue weighted by Gasteiger charge is 2.56. The van der Waals surface area contributed by atoms with Crippen molar-refractivity contribution >= 4 is 34.2 Å². The Morgan fingerprint density at radius 3 is 2.44 bits per heavy atom. The Morgan fingerprint density at radius 1 is 0.927 bits per heavy atom. The Morgan fingerprint density at radius 2 is 1.68 bits per heavy atom. The molecule has 2 heterocycles. The van der Waals surface area contributed by atoms with Crippen LogP contribution in [0.25, 0.3) is 22.4 Å². The Kier molecular flexibility index (Phi) is 7.81. The summed E-state index contributed by atoms with van der Waals surface area (Å²) >= 11 is 0. The maximum absolute atomic E-state index is 13.4. The molecule has 0 unspecified atom stereocenters. The molecule has 1 aliphatic carbocycles. The fraction of sp³-hybridized carbons (Fsp3) is 0.389. The molecular formula is C36H39NO4. The molecule has 4 atom stereocenters. The van der Waals surface area contributed by atoms with E-state index in [-0.39, 0.29) is 41.4 Å². The van der Waals surface area contributed by atoms with Crippen LogP contribution in [-0.2, 0) is 14.3 Å².